The smallest absolute Gasteiger partial charge is 0.290 e. The van der Waals surface area contributed by atoms with E-state index in [0.29, 0.717) is 42.0 Å². The molecule has 0 N–H and O–H groups in total. The van der Waals surface area contributed by atoms with Crippen LogP contribution in [0.1, 0.15) is 41.1 Å². The van der Waals surface area contributed by atoms with E-state index in [1.165, 1.54) is 0 Å². The lowest BCUT2D eigenvalue weighted by molar-refractivity contribution is 0.0716. The number of amides is 1. The molecule has 0 fully saturated rings. The largest absolute Gasteiger partial charge is 0.497 e. The second-order valence-electron chi connectivity index (χ2n) is 8.16. The highest BCUT2D eigenvalue weighted by atomic mass is 16.5. The lowest BCUT2D eigenvalue weighted by Gasteiger charge is -2.26. The summed E-state index contributed by atoms with van der Waals surface area (Å²) in [4.78, 5) is 30.6. The number of fused-ring (bicyclic) bond motifs is 2. The number of rotatable bonds is 8. The second-order valence-corrected chi connectivity index (χ2v) is 8.16. The van der Waals surface area contributed by atoms with Crippen LogP contribution >= 0.6 is 0 Å². The van der Waals surface area contributed by atoms with Crippen molar-refractivity contribution in [2.24, 2.45) is 0 Å². The molecule has 1 amide bonds. The molecule has 0 aliphatic carbocycles. The third kappa shape index (κ3) is 3.96. The molecule has 168 valence electrons. The molecule has 2 aromatic carbocycles. The van der Waals surface area contributed by atoms with Gasteiger partial charge in [0.25, 0.3) is 5.91 Å². The van der Waals surface area contributed by atoms with Gasteiger partial charge in [-0.25, -0.2) is 0 Å². The Kier molecular flexibility index (Phi) is 6.19. The van der Waals surface area contributed by atoms with Gasteiger partial charge in [0.2, 0.25) is 5.76 Å². The Morgan fingerprint density at radius 1 is 1.06 bits per heavy atom. The monoisotopic (exact) mass is 436 g/mol. The van der Waals surface area contributed by atoms with Crippen molar-refractivity contribution in [1.82, 2.24) is 9.80 Å². The maximum absolute atomic E-state index is 13.5. The molecule has 2 heterocycles. The number of nitrogens with zero attached hydrogens (tertiary/aromatic N) is 2. The molecule has 0 saturated carbocycles. The van der Waals surface area contributed by atoms with Crippen molar-refractivity contribution in [3.63, 3.8) is 0 Å². The number of carbonyl (C=O) groups is 1. The Morgan fingerprint density at radius 2 is 1.78 bits per heavy atom. The van der Waals surface area contributed by atoms with Gasteiger partial charge in [-0.15, -0.1) is 0 Å². The molecule has 32 heavy (non-hydrogen) atoms. The Balaban J connectivity index is 1.84. The maximum Gasteiger partial charge on any atom is 0.290 e. The molecular weight excluding hydrogens is 408 g/mol. The van der Waals surface area contributed by atoms with Crippen LogP contribution in [0, 0.1) is 0 Å². The van der Waals surface area contributed by atoms with Crippen LogP contribution in [0.4, 0.5) is 0 Å². The minimum absolute atomic E-state index is 0.103. The summed E-state index contributed by atoms with van der Waals surface area (Å²) >= 11 is 0. The normalized spacial score (nSPS) is 15.5. The zero-order valence-corrected chi connectivity index (χ0v) is 18.9. The quantitative estimate of drug-likeness (QED) is 0.536. The Labute approximate surface area is 187 Å². The molecule has 1 aliphatic rings. The minimum Gasteiger partial charge on any atom is -0.497 e. The average Bonchev–Trinajstić information content (AvgIpc) is 3.08. The van der Waals surface area contributed by atoms with Crippen LogP contribution in [-0.2, 0) is 0 Å². The van der Waals surface area contributed by atoms with Gasteiger partial charge in [0.1, 0.15) is 17.1 Å². The van der Waals surface area contributed by atoms with Crippen LogP contribution in [0.3, 0.4) is 0 Å². The highest BCUT2D eigenvalue weighted by molar-refractivity contribution is 5.99. The summed E-state index contributed by atoms with van der Waals surface area (Å²) in [7, 11) is 5.45. The van der Waals surface area contributed by atoms with Crippen molar-refractivity contribution in [3.8, 4) is 11.5 Å². The fourth-order valence-electron chi connectivity index (χ4n) is 3.98. The first kappa shape index (κ1) is 21.9. The SMILES string of the molecule is CCCOc1ccc([C@H]2c3c(oc4cc(OC)ccc4c3=O)C(=O)N2CCN(C)C)cc1. The minimum atomic E-state index is -0.513. The van der Waals surface area contributed by atoms with Gasteiger partial charge >= 0.3 is 0 Å². The average molecular weight is 437 g/mol. The number of methoxy groups -OCH3 is 1. The lowest BCUT2D eigenvalue weighted by Crippen LogP contribution is -2.35. The number of benzene rings is 2. The lowest BCUT2D eigenvalue weighted by atomic mass is 9.98. The van der Waals surface area contributed by atoms with Crippen molar-refractivity contribution in [1.29, 1.82) is 0 Å². The molecule has 0 bridgehead atoms. The van der Waals surface area contributed by atoms with Gasteiger partial charge < -0.3 is 23.7 Å². The van der Waals surface area contributed by atoms with Gasteiger partial charge in [0.05, 0.1) is 30.7 Å². The van der Waals surface area contributed by atoms with Crippen molar-refractivity contribution in [3.05, 3.63) is 69.6 Å². The predicted molar refractivity (Wildman–Crippen MR) is 123 cm³/mol. The molecule has 7 nitrogen and oxygen atoms in total. The van der Waals surface area contributed by atoms with Crippen LogP contribution in [0.25, 0.3) is 11.0 Å². The number of ether oxygens (including phenoxy) is 2. The van der Waals surface area contributed by atoms with Crippen LogP contribution in [-0.4, -0.2) is 56.6 Å². The van der Waals surface area contributed by atoms with Gasteiger partial charge in [0.15, 0.2) is 5.43 Å². The second kappa shape index (κ2) is 9.04. The van der Waals surface area contributed by atoms with Crippen LogP contribution < -0.4 is 14.9 Å². The van der Waals surface area contributed by atoms with Crippen molar-refractivity contribution in [2.45, 2.75) is 19.4 Å². The highest BCUT2D eigenvalue weighted by Crippen LogP contribution is 2.38. The first-order valence-electron chi connectivity index (χ1n) is 10.8. The van der Waals surface area contributed by atoms with E-state index >= 15 is 0 Å². The van der Waals surface area contributed by atoms with Gasteiger partial charge in [-0.2, -0.15) is 0 Å². The zero-order chi connectivity index (χ0) is 22.8. The van der Waals surface area contributed by atoms with Crippen molar-refractivity contribution in [2.75, 3.05) is 40.9 Å². The predicted octanol–water partition coefficient (Wildman–Crippen LogP) is 3.70. The molecule has 1 aliphatic heterocycles. The molecule has 0 unspecified atom stereocenters. The van der Waals surface area contributed by atoms with E-state index in [1.807, 2.05) is 43.3 Å². The molecule has 3 aromatic rings. The topological polar surface area (TPSA) is 72.2 Å². The summed E-state index contributed by atoms with van der Waals surface area (Å²) in [5.74, 6) is 1.15. The summed E-state index contributed by atoms with van der Waals surface area (Å²) in [5.41, 5.74) is 1.38. The Bertz CT molecular complexity index is 1180. The van der Waals surface area contributed by atoms with E-state index in [2.05, 4.69) is 6.92 Å². The van der Waals surface area contributed by atoms with Gasteiger partial charge in [-0.05, 0) is 50.3 Å². The number of carbonyl (C=O) groups excluding carboxylic acids is 1. The van der Waals surface area contributed by atoms with E-state index in [9.17, 15) is 9.59 Å². The Morgan fingerprint density at radius 3 is 2.44 bits per heavy atom. The van der Waals surface area contributed by atoms with Crippen LogP contribution in [0.15, 0.2) is 51.7 Å². The maximum atomic E-state index is 13.5. The number of likely N-dealkylation sites (N-methyl/N-ethyl adjacent to an activating group) is 1. The molecular formula is C25H28N2O5. The summed E-state index contributed by atoms with van der Waals surface area (Å²) < 4.78 is 16.9. The van der Waals surface area contributed by atoms with Crippen molar-refractivity contribution < 1.29 is 18.7 Å². The van der Waals surface area contributed by atoms with E-state index in [1.54, 1.807) is 30.2 Å². The molecule has 1 atom stereocenters. The molecule has 0 spiro atoms. The molecule has 1 aromatic heterocycles. The summed E-state index contributed by atoms with van der Waals surface area (Å²) in [5, 5.41) is 0.430. The van der Waals surface area contributed by atoms with Crippen LogP contribution in [0.5, 0.6) is 11.5 Å². The van der Waals surface area contributed by atoms with E-state index in [-0.39, 0.29) is 17.1 Å². The standard InChI is InChI=1S/C25H28N2O5/c1-5-14-31-17-8-6-16(7-9-17)22-21-23(28)19-11-10-18(30-4)15-20(19)32-24(21)25(29)27(22)13-12-26(2)3/h6-11,15,22H,5,12-14H2,1-4H3/t22-/m0/s1. The number of hydrogen-bond acceptors (Lipinski definition) is 6. The van der Waals surface area contributed by atoms with E-state index < -0.39 is 6.04 Å². The molecule has 0 radical (unpaired) electrons. The van der Waals surface area contributed by atoms with Crippen LogP contribution in [0.2, 0.25) is 0 Å². The van der Waals surface area contributed by atoms with E-state index in [4.69, 9.17) is 13.9 Å². The molecule has 7 heteroatoms. The number of hydrogen-bond donors (Lipinski definition) is 0. The summed E-state index contributed by atoms with van der Waals surface area (Å²) in [6, 6.07) is 12.1. The fraction of sp³-hybridized carbons (Fsp3) is 0.360. The van der Waals surface area contributed by atoms with Gasteiger partial charge in [-0.3, -0.25) is 9.59 Å². The Hall–Kier alpha value is -3.32. The summed E-state index contributed by atoms with van der Waals surface area (Å²) in [6.45, 7) is 3.82. The first-order valence-corrected chi connectivity index (χ1v) is 10.8. The fourth-order valence-corrected chi connectivity index (χ4v) is 3.98. The van der Waals surface area contributed by atoms with Crippen molar-refractivity contribution >= 4 is 16.9 Å². The third-order valence-corrected chi connectivity index (χ3v) is 5.63. The molecule has 0 saturated heterocycles. The first-order chi connectivity index (χ1) is 15.4. The zero-order valence-electron chi connectivity index (χ0n) is 18.9. The molecule has 4 rings (SSSR count). The summed E-state index contributed by atoms with van der Waals surface area (Å²) in [6.07, 6.45) is 0.920. The van der Waals surface area contributed by atoms with Gasteiger partial charge in [-0.1, -0.05) is 19.1 Å². The van der Waals surface area contributed by atoms with E-state index in [0.717, 1.165) is 17.7 Å². The highest BCUT2D eigenvalue weighted by Gasteiger charge is 2.42. The third-order valence-electron chi connectivity index (χ3n) is 5.63. The van der Waals surface area contributed by atoms with Gasteiger partial charge in [0, 0.05) is 19.2 Å².